The van der Waals surface area contributed by atoms with Crippen molar-refractivity contribution in [2.24, 2.45) is 16.8 Å². The van der Waals surface area contributed by atoms with Crippen molar-refractivity contribution in [3.8, 4) is 0 Å². The van der Waals surface area contributed by atoms with Gasteiger partial charge in [-0.25, -0.2) is 8.42 Å². The Balaban J connectivity index is 0.00000312. The molecule has 0 aromatic rings. The van der Waals surface area contributed by atoms with Gasteiger partial charge in [-0.15, -0.1) is 24.0 Å². The molecular weight excluding hydrogens is 455 g/mol. The Bertz CT molecular complexity index is 572. The molecule has 0 radical (unpaired) electrons. The van der Waals surface area contributed by atoms with Crippen LogP contribution in [0.1, 0.15) is 33.1 Å². The number of amides is 1. The third-order valence-corrected chi connectivity index (χ3v) is 6.38. The Morgan fingerprint density at radius 3 is 2.40 bits per heavy atom. The lowest BCUT2D eigenvalue weighted by Crippen LogP contribution is -2.49. The van der Waals surface area contributed by atoms with Crippen molar-refractivity contribution in [1.29, 1.82) is 0 Å². The summed E-state index contributed by atoms with van der Waals surface area (Å²) < 4.78 is 22.8. The van der Waals surface area contributed by atoms with E-state index < -0.39 is 9.84 Å². The molecule has 25 heavy (non-hydrogen) atoms. The number of piperidine rings is 1. The third-order valence-electron chi connectivity index (χ3n) is 4.61. The third kappa shape index (κ3) is 7.28. The number of hydrogen-bond donors (Lipinski definition) is 2. The van der Waals surface area contributed by atoms with Crippen molar-refractivity contribution >= 4 is 45.7 Å². The highest BCUT2D eigenvalue weighted by molar-refractivity contribution is 14.0. The average molecular weight is 486 g/mol. The minimum atomic E-state index is -2.96. The van der Waals surface area contributed by atoms with E-state index >= 15 is 0 Å². The highest BCUT2D eigenvalue weighted by Gasteiger charge is 2.29. The molecule has 7 nitrogen and oxygen atoms in total. The number of nitrogens with one attached hydrogen (secondary N) is 2. The Labute approximate surface area is 168 Å². The molecular formula is C16H31IN4O3S. The van der Waals surface area contributed by atoms with Crippen molar-refractivity contribution in [2.75, 3.05) is 38.2 Å². The zero-order valence-corrected chi connectivity index (χ0v) is 18.5. The fourth-order valence-electron chi connectivity index (χ4n) is 3.66. The van der Waals surface area contributed by atoms with E-state index in [1.807, 2.05) is 0 Å². The number of rotatable bonds is 4. The lowest BCUT2D eigenvalue weighted by atomic mass is 9.92. The van der Waals surface area contributed by atoms with Crippen LogP contribution in [0.3, 0.4) is 0 Å². The smallest absolute Gasteiger partial charge is 0.222 e. The van der Waals surface area contributed by atoms with Gasteiger partial charge in [-0.1, -0.05) is 13.8 Å². The summed E-state index contributed by atoms with van der Waals surface area (Å²) in [6, 6.07) is -0.231. The SMILES string of the molecule is CN=C(NCCC(=O)NC1CCS(=O)(=O)C1)N1CC(C)CC(C)C1.I. The number of sulfone groups is 1. The van der Waals surface area contributed by atoms with Crippen LogP contribution in [0.2, 0.25) is 0 Å². The summed E-state index contributed by atoms with van der Waals surface area (Å²) in [7, 11) is -1.20. The summed E-state index contributed by atoms with van der Waals surface area (Å²) in [6.07, 6.45) is 2.07. The minimum absolute atomic E-state index is 0. The predicted octanol–water partition coefficient (Wildman–Crippen LogP) is 0.851. The Morgan fingerprint density at radius 2 is 1.88 bits per heavy atom. The largest absolute Gasteiger partial charge is 0.356 e. The monoisotopic (exact) mass is 486 g/mol. The number of hydrogen-bond acceptors (Lipinski definition) is 4. The summed E-state index contributed by atoms with van der Waals surface area (Å²) in [4.78, 5) is 18.5. The second kappa shape index (κ2) is 9.94. The second-order valence-corrected chi connectivity index (χ2v) is 9.47. The molecule has 1 amide bonds. The van der Waals surface area contributed by atoms with Gasteiger partial charge < -0.3 is 15.5 Å². The van der Waals surface area contributed by atoms with Crippen molar-refractivity contribution in [3.63, 3.8) is 0 Å². The Kier molecular flexibility index (Phi) is 8.93. The van der Waals surface area contributed by atoms with Crippen molar-refractivity contribution < 1.29 is 13.2 Å². The van der Waals surface area contributed by atoms with Gasteiger partial charge in [-0.3, -0.25) is 9.79 Å². The second-order valence-electron chi connectivity index (χ2n) is 7.24. The summed E-state index contributed by atoms with van der Waals surface area (Å²) in [5, 5.41) is 6.06. The van der Waals surface area contributed by atoms with Crippen molar-refractivity contribution in [2.45, 2.75) is 39.2 Å². The lowest BCUT2D eigenvalue weighted by molar-refractivity contribution is -0.121. The maximum absolute atomic E-state index is 12.0. The van der Waals surface area contributed by atoms with Crippen LogP contribution in [0, 0.1) is 11.8 Å². The van der Waals surface area contributed by atoms with E-state index in [0.717, 1.165) is 19.0 Å². The fraction of sp³-hybridized carbons (Fsp3) is 0.875. The number of guanidine groups is 1. The Morgan fingerprint density at radius 1 is 1.24 bits per heavy atom. The molecule has 3 unspecified atom stereocenters. The molecule has 2 rings (SSSR count). The molecule has 9 heteroatoms. The first-order valence-electron chi connectivity index (χ1n) is 8.74. The molecule has 0 bridgehead atoms. The van der Waals surface area contributed by atoms with E-state index in [9.17, 15) is 13.2 Å². The van der Waals surface area contributed by atoms with Gasteiger partial charge in [-0.05, 0) is 24.7 Å². The molecule has 2 fully saturated rings. The molecule has 2 aliphatic heterocycles. The summed E-state index contributed by atoms with van der Waals surface area (Å²) in [5.41, 5.74) is 0. The van der Waals surface area contributed by atoms with Gasteiger partial charge in [-0.2, -0.15) is 0 Å². The molecule has 0 spiro atoms. The molecule has 0 aromatic heterocycles. The number of aliphatic imine (C=N–C) groups is 1. The fourth-order valence-corrected chi connectivity index (χ4v) is 5.34. The van der Waals surface area contributed by atoms with Crippen LogP contribution in [0.25, 0.3) is 0 Å². The van der Waals surface area contributed by atoms with Gasteiger partial charge in [0.15, 0.2) is 15.8 Å². The first-order valence-corrected chi connectivity index (χ1v) is 10.6. The van der Waals surface area contributed by atoms with Crippen LogP contribution in [-0.2, 0) is 14.6 Å². The normalized spacial score (nSPS) is 29.0. The van der Waals surface area contributed by atoms with Crippen molar-refractivity contribution in [3.05, 3.63) is 0 Å². The van der Waals surface area contributed by atoms with Crippen LogP contribution in [0.5, 0.6) is 0 Å². The summed E-state index contributed by atoms with van der Waals surface area (Å²) >= 11 is 0. The van der Waals surface area contributed by atoms with E-state index in [0.29, 0.717) is 31.2 Å². The molecule has 0 aliphatic carbocycles. The summed E-state index contributed by atoms with van der Waals surface area (Å²) in [5.74, 6) is 2.25. The molecule has 3 atom stereocenters. The van der Waals surface area contributed by atoms with Gasteiger partial charge in [0.25, 0.3) is 0 Å². The van der Waals surface area contributed by atoms with E-state index in [4.69, 9.17) is 0 Å². The van der Waals surface area contributed by atoms with Crippen LogP contribution in [0.4, 0.5) is 0 Å². The van der Waals surface area contributed by atoms with E-state index in [1.54, 1.807) is 7.05 Å². The molecule has 2 saturated heterocycles. The minimum Gasteiger partial charge on any atom is -0.356 e. The number of carbonyl (C=O) groups excluding carboxylic acids is 1. The highest BCUT2D eigenvalue weighted by Crippen LogP contribution is 2.20. The van der Waals surface area contributed by atoms with E-state index in [-0.39, 0.29) is 47.4 Å². The molecule has 146 valence electrons. The van der Waals surface area contributed by atoms with E-state index in [1.165, 1.54) is 6.42 Å². The van der Waals surface area contributed by atoms with Crippen LogP contribution in [0.15, 0.2) is 4.99 Å². The molecule has 2 aliphatic rings. The van der Waals surface area contributed by atoms with Crippen molar-refractivity contribution in [1.82, 2.24) is 15.5 Å². The maximum atomic E-state index is 12.0. The van der Waals surface area contributed by atoms with Gasteiger partial charge in [0.05, 0.1) is 11.5 Å². The zero-order valence-electron chi connectivity index (χ0n) is 15.3. The number of nitrogens with zero attached hydrogens (tertiary/aromatic N) is 2. The quantitative estimate of drug-likeness (QED) is 0.350. The standard InChI is InChI=1S/C16H30N4O3S.HI/c1-12-8-13(2)10-20(9-12)16(17-3)18-6-4-15(21)19-14-5-7-24(22,23)11-14;/h12-14H,4-11H2,1-3H3,(H,17,18)(H,19,21);1H. The summed E-state index contributed by atoms with van der Waals surface area (Å²) in [6.45, 7) is 6.96. The highest BCUT2D eigenvalue weighted by atomic mass is 127. The molecule has 0 aromatic carbocycles. The van der Waals surface area contributed by atoms with Crippen LogP contribution >= 0.6 is 24.0 Å². The first-order chi connectivity index (χ1) is 11.3. The number of carbonyl (C=O) groups is 1. The first kappa shape index (κ1) is 22.5. The predicted molar refractivity (Wildman–Crippen MR) is 111 cm³/mol. The topological polar surface area (TPSA) is 90.9 Å². The molecule has 0 saturated carbocycles. The van der Waals surface area contributed by atoms with Crippen LogP contribution < -0.4 is 10.6 Å². The van der Waals surface area contributed by atoms with Gasteiger partial charge in [0, 0.05) is 39.1 Å². The molecule has 2 heterocycles. The average Bonchev–Trinajstić information content (AvgIpc) is 2.81. The Hall–Kier alpha value is -0.580. The van der Waals surface area contributed by atoms with Crippen LogP contribution in [-0.4, -0.2) is 69.4 Å². The number of likely N-dealkylation sites (tertiary alicyclic amines) is 1. The van der Waals surface area contributed by atoms with Gasteiger partial charge in [0.2, 0.25) is 5.91 Å². The number of halogens is 1. The maximum Gasteiger partial charge on any atom is 0.222 e. The van der Waals surface area contributed by atoms with Gasteiger partial charge in [0.1, 0.15) is 0 Å². The molecule has 2 N–H and O–H groups in total. The zero-order chi connectivity index (χ0) is 17.7. The van der Waals surface area contributed by atoms with Gasteiger partial charge >= 0.3 is 0 Å². The van der Waals surface area contributed by atoms with E-state index in [2.05, 4.69) is 34.4 Å². The lowest BCUT2D eigenvalue weighted by Gasteiger charge is -2.37.